The minimum atomic E-state index is -0.478. The molecular weight excluding hydrogens is 1010 g/mol. The second-order valence-electron chi connectivity index (χ2n) is 19.1. The zero-order chi connectivity index (χ0) is 51.8. The van der Waals surface area contributed by atoms with Gasteiger partial charge in [-0.15, -0.1) is 11.3 Å². The number of hydrogen-bond acceptors (Lipinski definition) is 15. The molecule has 0 unspecified atom stereocenters. The number of fused-ring (bicyclic) bond motifs is 6. The number of esters is 2. The third-order valence-electron chi connectivity index (χ3n) is 13.7. The summed E-state index contributed by atoms with van der Waals surface area (Å²) in [5.41, 5.74) is 12.4. The molecule has 3 N–H and O–H groups in total. The molecule has 0 spiro atoms. The summed E-state index contributed by atoms with van der Waals surface area (Å²) < 4.78 is 13.8. The van der Waals surface area contributed by atoms with Crippen LogP contribution >= 0.6 is 45.6 Å². The second-order valence-corrected chi connectivity index (χ2v) is 22.7. The zero-order valence-corrected chi connectivity index (χ0v) is 44.8. The van der Waals surface area contributed by atoms with Crippen molar-refractivity contribution in [3.05, 3.63) is 182 Å². The number of halogens is 1. The van der Waals surface area contributed by atoms with E-state index in [0.29, 0.717) is 34.2 Å². The Bertz CT molecular complexity index is 3300. The monoisotopic (exact) mass is 1070 g/mol. The fourth-order valence-electron chi connectivity index (χ4n) is 9.71. The molecule has 12 rings (SSSR count). The number of methoxy groups -OCH3 is 2. The number of hydrogen-bond donors (Lipinski definition) is 3. The van der Waals surface area contributed by atoms with Crippen LogP contribution in [0.5, 0.6) is 0 Å². The molecule has 0 bridgehead atoms. The van der Waals surface area contributed by atoms with Gasteiger partial charge in [0.15, 0.2) is 14.7 Å². The maximum absolute atomic E-state index is 12.1. The van der Waals surface area contributed by atoms with Gasteiger partial charge in [0.2, 0.25) is 0 Å². The Morgan fingerprint density at radius 3 is 1.42 bits per heavy atom. The summed E-state index contributed by atoms with van der Waals surface area (Å²) in [6.45, 7) is 14.8. The van der Waals surface area contributed by atoms with E-state index < -0.39 is 5.91 Å². The molecule has 3 aliphatic rings. The molecular formula is C57H58ClN7O6S3. The molecule has 0 aliphatic carbocycles. The Balaban J connectivity index is 0.000000137. The van der Waals surface area contributed by atoms with Crippen LogP contribution in [0.2, 0.25) is 4.47 Å². The topological polar surface area (TPSA) is 159 Å². The summed E-state index contributed by atoms with van der Waals surface area (Å²) in [5, 5.41) is 14.3. The fraction of sp³-hybridized carbons (Fsp3) is 0.263. The Hall–Kier alpha value is -6.79. The zero-order valence-electron chi connectivity index (χ0n) is 41.6. The van der Waals surface area contributed by atoms with E-state index in [1.54, 1.807) is 34.2 Å². The molecule has 382 valence electrons. The Morgan fingerprint density at radius 2 is 0.973 bits per heavy atom. The molecule has 3 aromatic heterocycles. The molecule has 13 nitrogen and oxygen atoms in total. The average Bonchev–Trinajstić information content (AvgIpc) is 4.25. The van der Waals surface area contributed by atoms with Crippen LogP contribution in [-0.2, 0) is 45.7 Å². The van der Waals surface area contributed by atoms with E-state index in [0.717, 1.165) is 70.6 Å². The lowest BCUT2D eigenvalue weighted by Crippen LogP contribution is -2.35. The van der Waals surface area contributed by atoms with E-state index >= 15 is 0 Å². The SMILES string of the molecule is C.CC1(C)c2cccc(C(=O)NO)c2CN1c1nc2ccccc2s1.COC(=O)c1cccc2c1CN(c1nc3ccccc3s1)C2(C)C.COC(=O)c1cccc2c1CNC2(C)C.Clc1nc2ccccc2s1. The normalized spacial score (nSPS) is 15.0. The van der Waals surface area contributed by atoms with Crippen molar-refractivity contribution in [3.8, 4) is 0 Å². The molecule has 0 atom stereocenters. The van der Waals surface area contributed by atoms with Crippen molar-refractivity contribution in [3.63, 3.8) is 0 Å². The molecule has 1 amide bonds. The van der Waals surface area contributed by atoms with Crippen LogP contribution in [0, 0.1) is 0 Å². The van der Waals surface area contributed by atoms with E-state index in [-0.39, 0.29) is 36.0 Å². The highest BCUT2D eigenvalue weighted by Crippen LogP contribution is 2.47. The number of nitrogens with one attached hydrogen (secondary N) is 2. The molecule has 9 aromatic rings. The highest BCUT2D eigenvalue weighted by Gasteiger charge is 2.42. The van der Waals surface area contributed by atoms with Crippen molar-refractivity contribution >= 4 is 104 Å². The number of nitrogens with zero attached hydrogens (tertiary/aromatic N) is 5. The number of benzene rings is 6. The Morgan fingerprint density at radius 1 is 0.568 bits per heavy atom. The summed E-state index contributed by atoms with van der Waals surface area (Å²) in [7, 11) is 2.84. The van der Waals surface area contributed by atoms with Gasteiger partial charge in [0.1, 0.15) is 0 Å². The number of para-hydroxylation sites is 3. The van der Waals surface area contributed by atoms with Crippen LogP contribution in [0.3, 0.4) is 0 Å². The van der Waals surface area contributed by atoms with Crippen LogP contribution < -0.4 is 20.6 Å². The van der Waals surface area contributed by atoms with Crippen molar-refractivity contribution in [2.45, 2.75) is 85.2 Å². The molecule has 0 saturated carbocycles. The number of anilines is 2. The van der Waals surface area contributed by atoms with Gasteiger partial charge in [-0.05, 0) is 130 Å². The van der Waals surface area contributed by atoms with E-state index in [4.69, 9.17) is 36.2 Å². The molecule has 0 saturated heterocycles. The standard InChI is InChI=1S/C19H18N2O2S.C18H17N3O2S.C12H15NO2.C7H4ClNS.CH4/c1-19(2)14-8-6-7-12(17(22)23-3)13(14)11-21(19)18-20-15-9-4-5-10-16(15)24-18;1-18(2)13-7-5-6-11(16(22)20-23)12(13)10-21(18)17-19-14-8-3-4-9-15(14)24-17;1-12(2)10-6-4-5-8(11(14)15-3)9(10)7-13-12;8-7-9-5-3-1-2-4-6(5)10-7;/h4-10H,11H2,1-3H3;3-9,23H,10H2,1-2H3,(H,20,22);4-6,13H,7H2,1-3H3;1-4H;1H4. The number of thiazole rings is 3. The largest absolute Gasteiger partial charge is 0.465 e. The van der Waals surface area contributed by atoms with Crippen molar-refractivity contribution in [2.24, 2.45) is 0 Å². The predicted octanol–water partition coefficient (Wildman–Crippen LogP) is 13.4. The number of hydroxylamine groups is 1. The molecule has 0 fully saturated rings. The molecule has 6 heterocycles. The lowest BCUT2D eigenvalue weighted by Gasteiger charge is -2.32. The van der Waals surface area contributed by atoms with Gasteiger partial charge in [0.25, 0.3) is 5.91 Å². The van der Waals surface area contributed by atoms with Crippen LogP contribution in [0.1, 0.15) is 113 Å². The Kier molecular flexibility index (Phi) is 15.6. The molecule has 0 radical (unpaired) electrons. The summed E-state index contributed by atoms with van der Waals surface area (Å²) in [4.78, 5) is 53.8. The lowest BCUT2D eigenvalue weighted by molar-refractivity contribution is 0.0590. The first-order valence-electron chi connectivity index (χ1n) is 23.5. The van der Waals surface area contributed by atoms with Gasteiger partial charge in [-0.25, -0.2) is 30.0 Å². The minimum absolute atomic E-state index is 0. The molecule has 6 aromatic carbocycles. The number of amides is 1. The number of carbonyl (C=O) groups excluding carboxylic acids is 3. The third kappa shape index (κ3) is 10.2. The smallest absolute Gasteiger partial charge is 0.338 e. The van der Waals surface area contributed by atoms with Gasteiger partial charge < -0.3 is 24.6 Å². The number of carbonyl (C=O) groups is 3. The number of aromatic nitrogens is 3. The van der Waals surface area contributed by atoms with Gasteiger partial charge in [-0.3, -0.25) is 10.0 Å². The Labute approximate surface area is 447 Å². The highest BCUT2D eigenvalue weighted by molar-refractivity contribution is 7.22. The molecule has 3 aliphatic heterocycles. The highest BCUT2D eigenvalue weighted by atomic mass is 35.5. The lowest BCUT2D eigenvalue weighted by atomic mass is 9.91. The van der Waals surface area contributed by atoms with Crippen LogP contribution in [0.4, 0.5) is 10.3 Å². The summed E-state index contributed by atoms with van der Waals surface area (Å²) in [6.07, 6.45) is 0. The maximum atomic E-state index is 12.1. The van der Waals surface area contributed by atoms with E-state index in [1.165, 1.54) is 35.8 Å². The van der Waals surface area contributed by atoms with Gasteiger partial charge in [0.05, 0.1) is 67.1 Å². The summed E-state index contributed by atoms with van der Waals surface area (Å²) in [6, 6.07) is 41.4. The quantitative estimate of drug-likeness (QED) is 0.0852. The van der Waals surface area contributed by atoms with Crippen molar-refractivity contribution in [1.29, 1.82) is 0 Å². The maximum Gasteiger partial charge on any atom is 0.338 e. The predicted molar refractivity (Wildman–Crippen MR) is 300 cm³/mol. The minimum Gasteiger partial charge on any atom is -0.465 e. The third-order valence-corrected chi connectivity index (χ3v) is 16.9. The van der Waals surface area contributed by atoms with Crippen LogP contribution in [0.15, 0.2) is 127 Å². The van der Waals surface area contributed by atoms with Crippen LogP contribution in [-0.4, -0.2) is 52.2 Å². The fourth-order valence-corrected chi connectivity index (χ4v) is 13.0. The van der Waals surface area contributed by atoms with Crippen molar-refractivity contribution in [1.82, 2.24) is 25.7 Å². The van der Waals surface area contributed by atoms with E-state index in [2.05, 4.69) is 85.9 Å². The van der Waals surface area contributed by atoms with Crippen LogP contribution in [0.25, 0.3) is 30.6 Å². The number of ether oxygens (including phenoxy) is 2. The average molecular weight is 1070 g/mol. The first-order chi connectivity index (χ1) is 35.0. The van der Waals surface area contributed by atoms with Gasteiger partial charge in [-0.2, -0.15) is 0 Å². The second kappa shape index (κ2) is 21.6. The first-order valence-corrected chi connectivity index (χ1v) is 26.3. The van der Waals surface area contributed by atoms with Crippen molar-refractivity contribution in [2.75, 3.05) is 24.0 Å². The van der Waals surface area contributed by atoms with E-state index in [1.807, 2.05) is 97.1 Å². The van der Waals surface area contributed by atoms with Gasteiger partial charge >= 0.3 is 11.9 Å². The summed E-state index contributed by atoms with van der Waals surface area (Å²) in [5.74, 6) is -1.02. The molecule has 74 heavy (non-hydrogen) atoms. The molecule has 17 heteroatoms. The van der Waals surface area contributed by atoms with Crippen molar-refractivity contribution < 1.29 is 29.1 Å². The van der Waals surface area contributed by atoms with Gasteiger partial charge in [0, 0.05) is 30.7 Å². The van der Waals surface area contributed by atoms with E-state index in [9.17, 15) is 14.4 Å². The number of rotatable bonds is 5. The van der Waals surface area contributed by atoms with Gasteiger partial charge in [-0.1, -0.05) is 114 Å². The summed E-state index contributed by atoms with van der Waals surface area (Å²) >= 11 is 10.5. The first kappa shape index (κ1) is 53.5.